The highest BCUT2D eigenvalue weighted by Gasteiger charge is 2.19. The monoisotopic (exact) mass is 426 g/mol. The molecule has 0 bridgehead atoms. The Labute approximate surface area is 184 Å². The zero-order valence-electron chi connectivity index (χ0n) is 17.4. The molecule has 0 unspecified atom stereocenters. The van der Waals surface area contributed by atoms with Crippen molar-refractivity contribution in [2.24, 2.45) is 5.73 Å². The van der Waals surface area contributed by atoms with Crippen LogP contribution in [0.1, 0.15) is 11.3 Å². The first kappa shape index (κ1) is 20.0. The molecular formula is C26H20F2N4. The van der Waals surface area contributed by atoms with E-state index in [4.69, 9.17) is 5.73 Å². The van der Waals surface area contributed by atoms with Gasteiger partial charge in [0, 0.05) is 35.5 Å². The number of pyridine rings is 1. The molecule has 0 fully saturated rings. The highest BCUT2D eigenvalue weighted by molar-refractivity contribution is 5.89. The molecule has 158 valence electrons. The lowest BCUT2D eigenvalue weighted by atomic mass is 9.98. The molecular weight excluding hydrogens is 406 g/mol. The van der Waals surface area contributed by atoms with Gasteiger partial charge >= 0.3 is 0 Å². The molecule has 3 aromatic carbocycles. The van der Waals surface area contributed by atoms with Gasteiger partial charge in [-0.2, -0.15) is 5.10 Å². The van der Waals surface area contributed by atoms with Crippen molar-refractivity contribution >= 4 is 10.9 Å². The Kier molecular flexibility index (Phi) is 4.99. The summed E-state index contributed by atoms with van der Waals surface area (Å²) in [7, 11) is 0. The third-order valence-electron chi connectivity index (χ3n) is 5.63. The maximum atomic E-state index is 15.8. The molecule has 2 aromatic heterocycles. The smallest absolute Gasteiger partial charge is 0.157 e. The van der Waals surface area contributed by atoms with Crippen molar-refractivity contribution in [3.63, 3.8) is 0 Å². The Morgan fingerprint density at radius 2 is 1.66 bits per heavy atom. The van der Waals surface area contributed by atoms with Crippen LogP contribution >= 0.6 is 0 Å². The van der Waals surface area contributed by atoms with Gasteiger partial charge in [0.25, 0.3) is 0 Å². The second-order valence-electron chi connectivity index (χ2n) is 7.63. The quantitative estimate of drug-likeness (QED) is 0.395. The number of halogens is 2. The minimum absolute atomic E-state index is 0.187. The Morgan fingerprint density at radius 1 is 0.875 bits per heavy atom. The van der Waals surface area contributed by atoms with E-state index >= 15 is 8.78 Å². The molecule has 0 saturated carbocycles. The van der Waals surface area contributed by atoms with Crippen LogP contribution in [-0.4, -0.2) is 14.8 Å². The van der Waals surface area contributed by atoms with Gasteiger partial charge in [0.2, 0.25) is 0 Å². The zero-order chi connectivity index (χ0) is 22.2. The Morgan fingerprint density at radius 3 is 2.41 bits per heavy atom. The van der Waals surface area contributed by atoms with Crippen LogP contribution in [-0.2, 0) is 6.54 Å². The van der Waals surface area contributed by atoms with Crippen LogP contribution in [0, 0.1) is 18.6 Å². The standard InChI is InChI=1S/C26H20F2N4/c1-16-21-7-8-23(22-6-5-19(14-24(22)27)18-9-11-30-12-10-18)25(28)26(21)32(31-16)20-4-2-3-17(13-20)15-29/h2-14H,15,29H2,1H3. The first-order valence-corrected chi connectivity index (χ1v) is 10.2. The summed E-state index contributed by atoms with van der Waals surface area (Å²) in [4.78, 5) is 3.99. The molecule has 0 amide bonds. The highest BCUT2D eigenvalue weighted by Crippen LogP contribution is 2.34. The summed E-state index contributed by atoms with van der Waals surface area (Å²) >= 11 is 0. The topological polar surface area (TPSA) is 56.7 Å². The van der Waals surface area contributed by atoms with Crippen LogP contribution in [0.25, 0.3) is 38.8 Å². The maximum Gasteiger partial charge on any atom is 0.157 e. The number of hydrogen-bond donors (Lipinski definition) is 1. The molecule has 5 aromatic rings. The molecule has 2 heterocycles. The van der Waals surface area contributed by atoms with Crippen molar-refractivity contribution in [3.8, 4) is 27.9 Å². The van der Waals surface area contributed by atoms with Gasteiger partial charge < -0.3 is 5.73 Å². The van der Waals surface area contributed by atoms with Crippen molar-refractivity contribution in [3.05, 3.63) is 102 Å². The molecule has 6 heteroatoms. The van der Waals surface area contributed by atoms with Gasteiger partial charge in [-0.3, -0.25) is 4.98 Å². The van der Waals surface area contributed by atoms with Gasteiger partial charge in [-0.15, -0.1) is 0 Å². The van der Waals surface area contributed by atoms with E-state index in [2.05, 4.69) is 10.1 Å². The molecule has 0 aliphatic rings. The summed E-state index contributed by atoms with van der Waals surface area (Å²) in [5.74, 6) is -1.01. The van der Waals surface area contributed by atoms with Crippen LogP contribution in [0.5, 0.6) is 0 Å². The van der Waals surface area contributed by atoms with E-state index < -0.39 is 11.6 Å². The van der Waals surface area contributed by atoms with E-state index in [9.17, 15) is 0 Å². The molecule has 32 heavy (non-hydrogen) atoms. The third-order valence-corrected chi connectivity index (χ3v) is 5.63. The van der Waals surface area contributed by atoms with Crippen molar-refractivity contribution < 1.29 is 8.78 Å². The predicted octanol–water partition coefficient (Wildman–Crippen LogP) is 5.80. The molecule has 0 aliphatic carbocycles. The van der Waals surface area contributed by atoms with Crippen LogP contribution in [0.3, 0.4) is 0 Å². The van der Waals surface area contributed by atoms with Gasteiger partial charge in [0.05, 0.1) is 11.4 Å². The van der Waals surface area contributed by atoms with E-state index in [1.807, 2.05) is 31.2 Å². The van der Waals surface area contributed by atoms with Crippen LogP contribution in [0.2, 0.25) is 0 Å². The second kappa shape index (κ2) is 7.98. The predicted molar refractivity (Wildman–Crippen MR) is 122 cm³/mol. The number of nitrogens with two attached hydrogens (primary N) is 1. The molecule has 0 atom stereocenters. The van der Waals surface area contributed by atoms with Crippen LogP contribution in [0.15, 0.2) is 79.1 Å². The summed E-state index contributed by atoms with van der Waals surface area (Å²) in [6, 6.07) is 19.3. The minimum Gasteiger partial charge on any atom is -0.326 e. The fourth-order valence-corrected chi connectivity index (χ4v) is 3.98. The van der Waals surface area contributed by atoms with E-state index in [1.165, 1.54) is 6.07 Å². The summed E-state index contributed by atoms with van der Waals surface area (Å²) in [5, 5.41) is 5.22. The molecule has 4 nitrogen and oxygen atoms in total. The number of nitrogens with zero attached hydrogens (tertiary/aromatic N) is 3. The molecule has 5 rings (SSSR count). The summed E-state index contributed by atoms with van der Waals surface area (Å²) in [5.41, 5.74) is 10.3. The van der Waals surface area contributed by atoms with Gasteiger partial charge in [0.1, 0.15) is 11.3 Å². The lowest BCUT2D eigenvalue weighted by molar-refractivity contribution is 0.618. The summed E-state index contributed by atoms with van der Waals surface area (Å²) < 4.78 is 32.5. The van der Waals surface area contributed by atoms with Crippen LogP contribution in [0.4, 0.5) is 8.78 Å². The highest BCUT2D eigenvalue weighted by atomic mass is 19.1. The van der Waals surface area contributed by atoms with Gasteiger partial charge in [-0.1, -0.05) is 36.4 Å². The van der Waals surface area contributed by atoms with E-state index in [0.29, 0.717) is 34.4 Å². The Bertz CT molecular complexity index is 1440. The molecule has 0 aliphatic heterocycles. The van der Waals surface area contributed by atoms with E-state index in [0.717, 1.165) is 11.1 Å². The SMILES string of the molecule is Cc1nn(-c2cccc(CN)c2)c2c(F)c(-c3ccc(-c4ccncc4)cc3F)ccc12. The maximum absolute atomic E-state index is 15.8. The normalized spacial score (nSPS) is 11.2. The number of aromatic nitrogens is 3. The number of fused-ring (bicyclic) bond motifs is 1. The average molecular weight is 426 g/mol. The minimum atomic E-state index is -0.517. The number of aryl methyl sites for hydroxylation is 1. The van der Waals surface area contributed by atoms with Gasteiger partial charge in [0.15, 0.2) is 5.82 Å². The number of hydrogen-bond acceptors (Lipinski definition) is 3. The third kappa shape index (κ3) is 3.35. The summed E-state index contributed by atoms with van der Waals surface area (Å²) in [6.45, 7) is 2.20. The summed E-state index contributed by atoms with van der Waals surface area (Å²) in [6.07, 6.45) is 3.30. The first-order valence-electron chi connectivity index (χ1n) is 10.2. The lowest BCUT2D eigenvalue weighted by Crippen LogP contribution is -2.02. The molecule has 0 saturated heterocycles. The first-order chi connectivity index (χ1) is 15.6. The van der Waals surface area contributed by atoms with Crippen molar-refractivity contribution in [1.29, 1.82) is 0 Å². The van der Waals surface area contributed by atoms with Crippen LogP contribution < -0.4 is 5.73 Å². The van der Waals surface area contributed by atoms with Crippen molar-refractivity contribution in [2.75, 3.05) is 0 Å². The van der Waals surface area contributed by atoms with Gasteiger partial charge in [-0.25, -0.2) is 13.5 Å². The number of benzene rings is 3. The van der Waals surface area contributed by atoms with Gasteiger partial charge in [-0.05, 0) is 53.9 Å². The Balaban J connectivity index is 1.67. The zero-order valence-corrected chi connectivity index (χ0v) is 17.4. The largest absolute Gasteiger partial charge is 0.326 e. The molecule has 0 radical (unpaired) electrons. The lowest BCUT2D eigenvalue weighted by Gasteiger charge is -2.11. The van der Waals surface area contributed by atoms with Crippen molar-refractivity contribution in [1.82, 2.24) is 14.8 Å². The second-order valence-corrected chi connectivity index (χ2v) is 7.63. The van der Waals surface area contributed by atoms with E-state index in [-0.39, 0.29) is 11.1 Å². The molecule has 0 spiro atoms. The van der Waals surface area contributed by atoms with E-state index in [1.54, 1.807) is 53.5 Å². The Hall–Kier alpha value is -3.90. The van der Waals surface area contributed by atoms with Crippen molar-refractivity contribution in [2.45, 2.75) is 13.5 Å². The molecule has 2 N–H and O–H groups in total. The fourth-order valence-electron chi connectivity index (χ4n) is 3.98. The number of rotatable bonds is 4. The fraction of sp³-hybridized carbons (Fsp3) is 0.0769. The average Bonchev–Trinajstić information content (AvgIpc) is 3.17.